The summed E-state index contributed by atoms with van der Waals surface area (Å²) in [4.78, 5) is 0. The van der Waals surface area contributed by atoms with Gasteiger partial charge in [-0.1, -0.05) is 81.1 Å². The third-order valence-electron chi connectivity index (χ3n) is 2.66. The molecule has 0 radical (unpaired) electrons. The van der Waals surface area contributed by atoms with E-state index in [4.69, 9.17) is 0 Å². The van der Waals surface area contributed by atoms with Gasteiger partial charge in [0.2, 0.25) is 0 Å². The van der Waals surface area contributed by atoms with E-state index >= 15 is 0 Å². The molecule has 0 amide bonds. The minimum absolute atomic E-state index is 0. The molecule has 0 bridgehead atoms. The van der Waals surface area contributed by atoms with Crippen molar-refractivity contribution in [2.45, 2.75) is 130 Å². The summed E-state index contributed by atoms with van der Waals surface area (Å²) >= 11 is 0. The van der Waals surface area contributed by atoms with Crippen LogP contribution in [0, 0.1) is 0 Å². The Morgan fingerprint density at radius 1 is 0.300 bits per heavy atom. The van der Waals surface area contributed by atoms with Gasteiger partial charge in [0.05, 0.1) is 0 Å². The molecular formula is C20H40O8Ti2. The monoisotopic (exact) mass is 504 g/mol. The first kappa shape index (κ1) is 44.7. The standard InChI is InChI=1S/4C5H10O2.2Ti/c4*1-4(6)3-5(2)7;;/h4*4-5H,3H2,1-2H3;;/q4*-2;2*+4. The van der Waals surface area contributed by atoms with Gasteiger partial charge in [-0.3, -0.25) is 0 Å². The molecule has 0 heterocycles. The molecule has 0 aromatic carbocycles. The average Bonchev–Trinajstić information content (AvgIpc) is 2.32. The maximum Gasteiger partial charge on any atom is 4.00 e. The molecule has 10 heteroatoms. The fraction of sp³-hybridized carbons (Fsp3) is 1.00. The molecule has 8 unspecified atom stereocenters. The normalized spacial score (nSPS) is 17.6. The third-order valence-corrected chi connectivity index (χ3v) is 2.66. The zero-order valence-corrected chi connectivity index (χ0v) is 22.8. The van der Waals surface area contributed by atoms with Crippen LogP contribution in [0.5, 0.6) is 0 Å². The van der Waals surface area contributed by atoms with E-state index in [0.29, 0.717) is 0 Å². The summed E-state index contributed by atoms with van der Waals surface area (Å²) in [5.41, 5.74) is 0. The van der Waals surface area contributed by atoms with Crippen molar-refractivity contribution < 1.29 is 84.3 Å². The number of rotatable bonds is 8. The third kappa shape index (κ3) is 78.6. The van der Waals surface area contributed by atoms with Gasteiger partial charge in [-0.15, -0.1) is 48.8 Å². The van der Waals surface area contributed by atoms with Gasteiger partial charge in [0.15, 0.2) is 0 Å². The zero-order valence-electron chi connectivity index (χ0n) is 19.7. The van der Waals surface area contributed by atoms with E-state index in [2.05, 4.69) is 0 Å². The Hall–Kier alpha value is 1.11. The van der Waals surface area contributed by atoms with Gasteiger partial charge in [-0.05, 0) is 0 Å². The first-order valence-corrected chi connectivity index (χ1v) is 9.77. The largest absolute Gasteiger partial charge is 4.00 e. The van der Waals surface area contributed by atoms with Crippen molar-refractivity contribution in [2.24, 2.45) is 0 Å². The molecule has 0 aliphatic carbocycles. The van der Waals surface area contributed by atoms with Crippen LogP contribution in [0.25, 0.3) is 0 Å². The van der Waals surface area contributed by atoms with E-state index in [1.165, 1.54) is 55.4 Å². The van der Waals surface area contributed by atoms with Gasteiger partial charge in [0.25, 0.3) is 0 Å². The molecule has 0 rings (SSSR count). The van der Waals surface area contributed by atoms with Crippen molar-refractivity contribution in [2.75, 3.05) is 0 Å². The maximum atomic E-state index is 10.1. The fourth-order valence-corrected chi connectivity index (χ4v) is 1.87. The minimum Gasteiger partial charge on any atom is -0.852 e. The zero-order chi connectivity index (χ0) is 23.4. The maximum absolute atomic E-state index is 10.1. The molecule has 0 aliphatic rings. The molecule has 0 saturated carbocycles. The molecule has 30 heavy (non-hydrogen) atoms. The summed E-state index contributed by atoms with van der Waals surface area (Å²) in [6.45, 7) is 12.1. The van der Waals surface area contributed by atoms with Crippen LogP contribution in [0.3, 0.4) is 0 Å². The SMILES string of the molecule is CC([O-])CC(C)[O-].CC([O-])CC(C)[O-].CC([O-])CC(C)[O-].CC([O-])CC(C)[O-].[Ti+4].[Ti+4]. The molecular weight excluding hydrogens is 464 g/mol. The van der Waals surface area contributed by atoms with E-state index in [9.17, 15) is 40.9 Å². The van der Waals surface area contributed by atoms with Crippen LogP contribution < -0.4 is 40.9 Å². The van der Waals surface area contributed by atoms with E-state index in [1.807, 2.05) is 0 Å². The molecule has 176 valence electrons. The Balaban J connectivity index is -0.0000000626. The topological polar surface area (TPSA) is 184 Å². The molecule has 0 aromatic heterocycles. The van der Waals surface area contributed by atoms with Gasteiger partial charge >= 0.3 is 43.4 Å². The summed E-state index contributed by atoms with van der Waals surface area (Å²) in [6.07, 6.45) is -4.50. The fourth-order valence-electron chi connectivity index (χ4n) is 1.87. The Kier molecular flexibility index (Phi) is 44.9. The second-order valence-electron chi connectivity index (χ2n) is 7.43. The van der Waals surface area contributed by atoms with E-state index in [1.54, 1.807) is 0 Å². The Labute approximate surface area is 213 Å². The Morgan fingerprint density at radius 3 is 0.367 bits per heavy atom. The van der Waals surface area contributed by atoms with Crippen LogP contribution >= 0.6 is 0 Å². The quantitative estimate of drug-likeness (QED) is 0.296. The molecule has 0 saturated heterocycles. The van der Waals surface area contributed by atoms with E-state index < -0.39 is 48.8 Å². The molecule has 0 aliphatic heterocycles. The van der Waals surface area contributed by atoms with Crippen molar-refractivity contribution in [3.05, 3.63) is 0 Å². The van der Waals surface area contributed by atoms with Gasteiger partial charge in [0, 0.05) is 0 Å². The predicted octanol–water partition coefficient (Wildman–Crippen LogP) is -4.51. The van der Waals surface area contributed by atoms with Crippen LogP contribution in [0.1, 0.15) is 81.1 Å². The van der Waals surface area contributed by atoms with Gasteiger partial charge in [0.1, 0.15) is 0 Å². The first-order valence-electron chi connectivity index (χ1n) is 9.77. The van der Waals surface area contributed by atoms with Crippen molar-refractivity contribution in [3.8, 4) is 0 Å². The second-order valence-corrected chi connectivity index (χ2v) is 7.43. The van der Waals surface area contributed by atoms with E-state index in [0.717, 1.165) is 0 Å². The first-order chi connectivity index (χ1) is 12.5. The van der Waals surface area contributed by atoms with E-state index in [-0.39, 0.29) is 69.1 Å². The van der Waals surface area contributed by atoms with Crippen molar-refractivity contribution in [3.63, 3.8) is 0 Å². The van der Waals surface area contributed by atoms with Crippen LogP contribution in [0.15, 0.2) is 0 Å². The van der Waals surface area contributed by atoms with Crippen LogP contribution in [-0.4, -0.2) is 48.8 Å². The van der Waals surface area contributed by atoms with Crippen LogP contribution in [-0.2, 0) is 43.4 Å². The predicted molar refractivity (Wildman–Crippen MR) is 94.2 cm³/mol. The smallest absolute Gasteiger partial charge is 0.852 e. The summed E-state index contributed by atoms with van der Waals surface area (Å²) in [5.74, 6) is 0. The van der Waals surface area contributed by atoms with Gasteiger partial charge in [-0.2, -0.15) is 0 Å². The molecule has 0 fully saturated rings. The molecule has 0 spiro atoms. The summed E-state index contributed by atoms with van der Waals surface area (Å²) < 4.78 is 0. The molecule has 8 nitrogen and oxygen atoms in total. The second kappa shape index (κ2) is 30.1. The van der Waals surface area contributed by atoms with Gasteiger partial charge in [-0.25, -0.2) is 0 Å². The van der Waals surface area contributed by atoms with Crippen molar-refractivity contribution >= 4 is 0 Å². The average molecular weight is 504 g/mol. The van der Waals surface area contributed by atoms with Gasteiger partial charge < -0.3 is 40.9 Å². The Morgan fingerprint density at radius 2 is 0.367 bits per heavy atom. The summed E-state index contributed by atoms with van der Waals surface area (Å²) in [6, 6.07) is 0. The van der Waals surface area contributed by atoms with Crippen LogP contribution in [0.2, 0.25) is 0 Å². The van der Waals surface area contributed by atoms with Crippen LogP contribution in [0.4, 0.5) is 0 Å². The molecule has 8 atom stereocenters. The molecule has 0 aromatic rings. The number of hydrogen-bond acceptors (Lipinski definition) is 8. The molecule has 0 N–H and O–H groups in total. The van der Waals surface area contributed by atoms with Crippen molar-refractivity contribution in [1.29, 1.82) is 0 Å². The number of hydrogen-bond donors (Lipinski definition) is 0. The van der Waals surface area contributed by atoms with Crippen molar-refractivity contribution in [1.82, 2.24) is 0 Å². The summed E-state index contributed by atoms with van der Waals surface area (Å²) in [7, 11) is 0. The summed E-state index contributed by atoms with van der Waals surface area (Å²) in [5, 5.41) is 81.1. The minimum atomic E-state index is -0.688. The Bertz CT molecular complexity index is 208.